The summed E-state index contributed by atoms with van der Waals surface area (Å²) in [6, 6.07) is -1.18. The van der Waals surface area contributed by atoms with E-state index in [0.717, 1.165) is 25.7 Å². The molecule has 0 aliphatic carbocycles. The van der Waals surface area contributed by atoms with Crippen LogP contribution in [0.1, 0.15) is 45.4 Å². The maximum absolute atomic E-state index is 11.8. The van der Waals surface area contributed by atoms with Gasteiger partial charge in [-0.15, -0.1) is 0 Å². The SMILES string of the molecule is C[C@@H](O)[C@H](NC(=O)CCCCCCC(S)S)C(=O)NCC(=O)[O-].[Na+]. The maximum Gasteiger partial charge on any atom is 1.00 e. The van der Waals surface area contributed by atoms with Gasteiger partial charge in [0.15, 0.2) is 0 Å². The third kappa shape index (κ3) is 14.4. The van der Waals surface area contributed by atoms with Crippen molar-refractivity contribution in [2.45, 2.75) is 62.2 Å². The van der Waals surface area contributed by atoms with Gasteiger partial charge in [0.25, 0.3) is 0 Å². The van der Waals surface area contributed by atoms with Crippen LogP contribution in [-0.2, 0) is 14.4 Å². The number of hydrogen-bond donors (Lipinski definition) is 5. The molecule has 0 aromatic carbocycles. The fourth-order valence-electron chi connectivity index (χ4n) is 1.89. The Bertz CT molecular complexity index is 397. The monoisotopic (exact) mass is 388 g/mol. The molecule has 0 radical (unpaired) electrons. The molecule has 0 aromatic heterocycles. The van der Waals surface area contributed by atoms with Gasteiger partial charge in [-0.25, -0.2) is 0 Å². The number of rotatable bonds is 12. The second kappa shape index (κ2) is 15.3. The van der Waals surface area contributed by atoms with Crippen LogP contribution in [-0.4, -0.2) is 46.2 Å². The number of aliphatic carboxylic acids is 1. The van der Waals surface area contributed by atoms with E-state index in [1.807, 2.05) is 0 Å². The first kappa shape index (κ1) is 26.3. The molecule has 0 rings (SSSR count). The molecule has 0 heterocycles. The van der Waals surface area contributed by atoms with E-state index < -0.39 is 30.6 Å². The van der Waals surface area contributed by atoms with Crippen LogP contribution >= 0.6 is 25.3 Å². The quantitative estimate of drug-likeness (QED) is 0.102. The van der Waals surface area contributed by atoms with Crippen LogP contribution in [0.5, 0.6) is 0 Å². The van der Waals surface area contributed by atoms with Gasteiger partial charge >= 0.3 is 29.6 Å². The fourth-order valence-corrected chi connectivity index (χ4v) is 2.25. The van der Waals surface area contributed by atoms with Crippen molar-refractivity contribution in [1.29, 1.82) is 0 Å². The topological polar surface area (TPSA) is 119 Å². The van der Waals surface area contributed by atoms with Crippen molar-refractivity contribution >= 4 is 43.0 Å². The first-order valence-corrected chi connectivity index (χ1v) is 8.58. The molecular weight excluding hydrogens is 363 g/mol. The minimum atomic E-state index is -1.45. The third-order valence-electron chi connectivity index (χ3n) is 3.10. The van der Waals surface area contributed by atoms with Gasteiger partial charge in [-0.3, -0.25) is 9.59 Å². The first-order valence-electron chi connectivity index (χ1n) is 7.55. The Hall–Kier alpha value is 0.0700. The van der Waals surface area contributed by atoms with Crippen LogP contribution in [0.3, 0.4) is 0 Å². The molecule has 0 aliphatic rings. The van der Waals surface area contributed by atoms with Crippen molar-refractivity contribution in [1.82, 2.24) is 10.6 Å². The predicted molar refractivity (Wildman–Crippen MR) is 91.1 cm³/mol. The van der Waals surface area contributed by atoms with E-state index in [1.54, 1.807) is 0 Å². The summed E-state index contributed by atoms with van der Waals surface area (Å²) >= 11 is 8.32. The Labute approximate surface area is 175 Å². The molecule has 0 unspecified atom stereocenters. The number of nitrogens with one attached hydrogen (secondary N) is 2. The van der Waals surface area contributed by atoms with E-state index >= 15 is 0 Å². The van der Waals surface area contributed by atoms with Crippen LogP contribution in [0.4, 0.5) is 0 Å². The number of carbonyl (C=O) groups is 3. The summed E-state index contributed by atoms with van der Waals surface area (Å²) in [6.45, 7) is 0.671. The average molecular weight is 388 g/mol. The molecule has 0 fully saturated rings. The molecular formula is C14H25N2NaO5S2. The van der Waals surface area contributed by atoms with E-state index in [2.05, 4.69) is 35.9 Å². The molecule has 0 saturated heterocycles. The summed E-state index contributed by atoms with van der Waals surface area (Å²) in [4.78, 5) is 33.8. The number of unbranched alkanes of at least 4 members (excludes halogenated alkanes) is 3. The van der Waals surface area contributed by atoms with Gasteiger partial charge in [0.05, 0.1) is 18.6 Å². The minimum Gasteiger partial charge on any atom is -0.548 e. The first-order chi connectivity index (χ1) is 10.7. The molecule has 3 N–H and O–H groups in total. The van der Waals surface area contributed by atoms with Crippen molar-refractivity contribution in [3.05, 3.63) is 0 Å². The summed E-state index contributed by atoms with van der Waals surface area (Å²) in [6.07, 6.45) is 3.51. The summed E-state index contributed by atoms with van der Waals surface area (Å²) in [5.74, 6) is -2.56. The van der Waals surface area contributed by atoms with Crippen molar-refractivity contribution in [3.8, 4) is 0 Å². The molecule has 0 spiro atoms. The van der Waals surface area contributed by atoms with Crippen molar-refractivity contribution < 1.29 is 54.2 Å². The van der Waals surface area contributed by atoms with Gasteiger partial charge in [0.1, 0.15) is 6.04 Å². The number of thiol groups is 2. The fraction of sp³-hybridized carbons (Fsp3) is 0.786. The normalized spacial score (nSPS) is 12.9. The maximum atomic E-state index is 11.8. The average Bonchev–Trinajstić information content (AvgIpc) is 2.45. The Morgan fingerprint density at radius 2 is 1.71 bits per heavy atom. The van der Waals surface area contributed by atoms with Crippen LogP contribution in [0, 0.1) is 0 Å². The zero-order chi connectivity index (χ0) is 17.8. The second-order valence-corrected chi connectivity index (χ2v) is 6.96. The van der Waals surface area contributed by atoms with Crippen molar-refractivity contribution in [2.75, 3.05) is 6.54 Å². The minimum absolute atomic E-state index is 0. The second-order valence-electron chi connectivity index (χ2n) is 5.31. The number of carbonyl (C=O) groups excluding carboxylic acids is 3. The largest absolute Gasteiger partial charge is 1.00 e. The molecule has 7 nitrogen and oxygen atoms in total. The van der Waals surface area contributed by atoms with Gasteiger partial charge in [0.2, 0.25) is 11.8 Å². The molecule has 2 atom stereocenters. The van der Waals surface area contributed by atoms with Crippen LogP contribution in [0.25, 0.3) is 0 Å². The number of aliphatic hydroxyl groups is 1. The van der Waals surface area contributed by atoms with Crippen LogP contribution < -0.4 is 45.3 Å². The summed E-state index contributed by atoms with van der Waals surface area (Å²) in [5.41, 5.74) is 0. The zero-order valence-electron chi connectivity index (χ0n) is 14.2. The molecule has 2 amide bonds. The molecule has 0 bridgehead atoms. The number of aliphatic hydroxyl groups excluding tert-OH is 1. The Morgan fingerprint density at radius 3 is 2.21 bits per heavy atom. The number of hydrogen-bond acceptors (Lipinski definition) is 7. The molecule has 10 heteroatoms. The number of carboxylic acid groups (broad SMARTS) is 1. The molecule has 0 aromatic rings. The van der Waals surface area contributed by atoms with Crippen molar-refractivity contribution in [2.24, 2.45) is 0 Å². The van der Waals surface area contributed by atoms with Crippen LogP contribution in [0.2, 0.25) is 0 Å². The molecule has 0 aliphatic heterocycles. The Morgan fingerprint density at radius 1 is 1.12 bits per heavy atom. The zero-order valence-corrected chi connectivity index (χ0v) is 17.9. The molecule has 0 saturated carbocycles. The summed E-state index contributed by atoms with van der Waals surface area (Å²) < 4.78 is 0.0737. The van der Waals surface area contributed by atoms with E-state index in [1.165, 1.54) is 6.92 Å². The third-order valence-corrected chi connectivity index (χ3v) is 3.62. The standard InChI is InChI=1S/C14H26N2O5S2.Na/c1-9(17)13(14(21)15-8-11(19)20)16-10(18)6-4-2-3-5-7-12(22)23;/h9,12-13,17,22-23H,2-8H2,1H3,(H,15,21)(H,16,18)(H,19,20);/q;+1/p-1/t9-,13+;/m1./s1. The molecule has 24 heavy (non-hydrogen) atoms. The van der Waals surface area contributed by atoms with Gasteiger partial charge in [-0.05, 0) is 19.8 Å². The Kier molecular flexibility index (Phi) is 16.8. The van der Waals surface area contributed by atoms with E-state index in [-0.39, 0.29) is 46.5 Å². The van der Waals surface area contributed by atoms with Gasteiger partial charge in [-0.1, -0.05) is 19.3 Å². The number of amides is 2. The van der Waals surface area contributed by atoms with Crippen molar-refractivity contribution in [3.63, 3.8) is 0 Å². The summed E-state index contributed by atoms with van der Waals surface area (Å²) in [5, 5.41) is 24.3. The van der Waals surface area contributed by atoms with Gasteiger partial charge in [0, 0.05) is 11.0 Å². The van der Waals surface area contributed by atoms with E-state index in [9.17, 15) is 24.6 Å². The van der Waals surface area contributed by atoms with E-state index in [4.69, 9.17) is 0 Å². The van der Waals surface area contributed by atoms with Gasteiger partial charge < -0.3 is 25.6 Å². The summed E-state index contributed by atoms with van der Waals surface area (Å²) in [7, 11) is 0. The smallest absolute Gasteiger partial charge is 0.548 e. The van der Waals surface area contributed by atoms with E-state index in [0.29, 0.717) is 6.42 Å². The number of carboxylic acids is 1. The molecule has 134 valence electrons. The van der Waals surface area contributed by atoms with Crippen LogP contribution in [0.15, 0.2) is 0 Å². The Balaban J connectivity index is 0. The van der Waals surface area contributed by atoms with Gasteiger partial charge in [-0.2, -0.15) is 25.3 Å². The predicted octanol–water partition coefficient (Wildman–Crippen LogP) is -3.75.